The Bertz CT molecular complexity index is 412. The van der Waals surface area contributed by atoms with Gasteiger partial charge in [-0.3, -0.25) is 4.79 Å². The lowest BCUT2D eigenvalue weighted by Crippen LogP contribution is -1.96. The van der Waals surface area contributed by atoms with E-state index in [1.54, 1.807) is 6.07 Å². The third kappa shape index (κ3) is 3.50. The number of esters is 2. The summed E-state index contributed by atoms with van der Waals surface area (Å²) in [5, 5.41) is 8.44. The van der Waals surface area contributed by atoms with Gasteiger partial charge in [0, 0.05) is 12.2 Å². The van der Waals surface area contributed by atoms with Gasteiger partial charge < -0.3 is 14.3 Å². The summed E-state index contributed by atoms with van der Waals surface area (Å²) in [7, 11) is 0. The van der Waals surface area contributed by atoms with E-state index in [-0.39, 0.29) is 12.4 Å². The molecule has 1 N–H and O–H groups in total. The topological polar surface area (TPSA) is 93.8 Å². The Balaban J connectivity index is 0.000000165. The summed E-state index contributed by atoms with van der Waals surface area (Å²) in [5.41, 5.74) is 0. The van der Waals surface area contributed by atoms with Crippen LogP contribution in [0.1, 0.15) is 16.3 Å². The smallest absolute Gasteiger partial charge is 0.338 e. The van der Waals surface area contributed by atoms with E-state index < -0.39 is 11.9 Å². The number of ether oxygens (including phenoxy) is 1. The van der Waals surface area contributed by atoms with Crippen LogP contribution in [-0.2, 0) is 20.9 Å². The van der Waals surface area contributed by atoms with Gasteiger partial charge >= 0.3 is 11.9 Å². The second-order valence-electron chi connectivity index (χ2n) is 2.65. The molecule has 6 nitrogen and oxygen atoms in total. The normalized spacial score (nSPS) is 13.1. The fourth-order valence-corrected chi connectivity index (χ4v) is 0.846. The minimum Gasteiger partial charge on any atom is -0.456 e. The predicted octanol–water partition coefficient (Wildman–Crippen LogP) is 0.210. The molecule has 0 saturated carbocycles. The van der Waals surface area contributed by atoms with Gasteiger partial charge in [0.1, 0.15) is 12.4 Å². The summed E-state index contributed by atoms with van der Waals surface area (Å²) in [4.78, 5) is 29.8. The molecule has 0 aliphatic carbocycles. The molecule has 2 heterocycles. The lowest BCUT2D eigenvalue weighted by Gasteiger charge is -1.82. The molecule has 0 bridgehead atoms. The summed E-state index contributed by atoms with van der Waals surface area (Å²) in [6.45, 7) is -0.159. The number of furan rings is 1. The zero-order chi connectivity index (χ0) is 12.0. The molecule has 0 amide bonds. The van der Waals surface area contributed by atoms with Gasteiger partial charge in [-0.15, -0.1) is 0 Å². The second kappa shape index (κ2) is 5.62. The molecule has 16 heavy (non-hydrogen) atoms. The van der Waals surface area contributed by atoms with Crippen LogP contribution in [0.3, 0.4) is 0 Å². The van der Waals surface area contributed by atoms with E-state index in [9.17, 15) is 14.4 Å². The van der Waals surface area contributed by atoms with Crippen LogP contribution in [0.25, 0.3) is 0 Å². The third-order valence-electron chi connectivity index (χ3n) is 1.51. The summed E-state index contributed by atoms with van der Waals surface area (Å²) >= 11 is 0. The lowest BCUT2D eigenvalue weighted by molar-refractivity contribution is -0.150. The maximum atomic E-state index is 9.96. The zero-order valence-electron chi connectivity index (χ0n) is 8.08. The van der Waals surface area contributed by atoms with E-state index in [1.807, 2.05) is 0 Å². The summed E-state index contributed by atoms with van der Waals surface area (Å²) in [5.74, 6) is -0.494. The molecule has 0 aromatic carbocycles. The van der Waals surface area contributed by atoms with E-state index >= 15 is 0 Å². The van der Waals surface area contributed by atoms with E-state index in [2.05, 4.69) is 4.74 Å². The predicted molar refractivity (Wildman–Crippen MR) is 50.3 cm³/mol. The average Bonchev–Trinajstić information content (AvgIpc) is 2.88. The second-order valence-corrected chi connectivity index (χ2v) is 2.65. The standard InChI is InChI=1S/C6H6O3.C4H2O3/c7-3-5-1-2-6(4-8)9-5;5-3-1-2-4(6)7-3/h1-3,8H,4H2;1-2H. The minimum absolute atomic E-state index is 0.159. The minimum atomic E-state index is -0.579. The Morgan fingerprint density at radius 3 is 2.06 bits per heavy atom. The molecular formula is C10H8O6. The van der Waals surface area contributed by atoms with Crippen molar-refractivity contribution in [2.75, 3.05) is 0 Å². The van der Waals surface area contributed by atoms with Crippen molar-refractivity contribution in [1.82, 2.24) is 0 Å². The van der Waals surface area contributed by atoms with Gasteiger partial charge in [-0.05, 0) is 12.1 Å². The highest BCUT2D eigenvalue weighted by molar-refractivity contribution is 6.04. The molecule has 0 spiro atoms. The SMILES string of the molecule is O=C1C=CC(=O)O1.O=Cc1ccc(CO)o1. The van der Waals surface area contributed by atoms with Crippen molar-refractivity contribution in [2.24, 2.45) is 0 Å². The highest BCUT2D eigenvalue weighted by Gasteiger charge is 2.10. The van der Waals surface area contributed by atoms with Crippen molar-refractivity contribution in [1.29, 1.82) is 0 Å². The van der Waals surface area contributed by atoms with Crippen LogP contribution in [0.4, 0.5) is 0 Å². The number of carbonyl (C=O) groups excluding carboxylic acids is 3. The van der Waals surface area contributed by atoms with Crippen LogP contribution in [-0.4, -0.2) is 23.3 Å². The Morgan fingerprint density at radius 2 is 1.81 bits per heavy atom. The Kier molecular flexibility index (Phi) is 4.16. The van der Waals surface area contributed by atoms with Gasteiger partial charge in [-0.1, -0.05) is 0 Å². The maximum Gasteiger partial charge on any atom is 0.338 e. The molecule has 1 aliphatic rings. The first-order valence-corrected chi connectivity index (χ1v) is 4.24. The van der Waals surface area contributed by atoms with Crippen molar-refractivity contribution in [3.8, 4) is 0 Å². The monoisotopic (exact) mass is 224 g/mol. The van der Waals surface area contributed by atoms with Crippen molar-refractivity contribution in [2.45, 2.75) is 6.61 Å². The first-order chi connectivity index (χ1) is 7.65. The number of rotatable bonds is 2. The molecular weight excluding hydrogens is 216 g/mol. The molecule has 1 aromatic heterocycles. The number of aldehydes is 1. The van der Waals surface area contributed by atoms with Crippen LogP contribution in [0.15, 0.2) is 28.7 Å². The van der Waals surface area contributed by atoms with Gasteiger partial charge in [0.25, 0.3) is 0 Å². The van der Waals surface area contributed by atoms with Gasteiger partial charge in [0.15, 0.2) is 12.0 Å². The summed E-state index contributed by atoms with van der Waals surface area (Å²) in [6.07, 6.45) is 2.77. The third-order valence-corrected chi connectivity index (χ3v) is 1.51. The molecule has 0 radical (unpaired) electrons. The van der Waals surface area contributed by atoms with Crippen molar-refractivity contribution < 1.29 is 28.6 Å². The molecule has 1 aromatic rings. The summed E-state index contributed by atoms with van der Waals surface area (Å²) < 4.78 is 8.74. The molecule has 0 unspecified atom stereocenters. The number of carbonyl (C=O) groups is 3. The quantitative estimate of drug-likeness (QED) is 0.438. The average molecular weight is 224 g/mol. The van der Waals surface area contributed by atoms with E-state index in [0.29, 0.717) is 12.0 Å². The van der Waals surface area contributed by atoms with Crippen LogP contribution in [0.5, 0.6) is 0 Å². The van der Waals surface area contributed by atoms with Crippen LogP contribution >= 0.6 is 0 Å². The van der Waals surface area contributed by atoms with Crippen molar-refractivity contribution in [3.05, 3.63) is 35.8 Å². The zero-order valence-corrected chi connectivity index (χ0v) is 8.08. The largest absolute Gasteiger partial charge is 0.456 e. The summed E-state index contributed by atoms with van der Waals surface area (Å²) in [6, 6.07) is 3.07. The van der Waals surface area contributed by atoms with Gasteiger partial charge in [0.2, 0.25) is 0 Å². The van der Waals surface area contributed by atoms with Crippen LogP contribution in [0, 0.1) is 0 Å². The van der Waals surface area contributed by atoms with E-state index in [4.69, 9.17) is 9.52 Å². The Hall–Kier alpha value is -2.21. The van der Waals surface area contributed by atoms with Gasteiger partial charge in [0.05, 0.1) is 0 Å². The molecule has 84 valence electrons. The van der Waals surface area contributed by atoms with Crippen LogP contribution in [0.2, 0.25) is 0 Å². The van der Waals surface area contributed by atoms with Gasteiger partial charge in [-0.2, -0.15) is 0 Å². The molecule has 2 rings (SSSR count). The molecule has 0 fully saturated rings. The highest BCUT2D eigenvalue weighted by Crippen LogP contribution is 2.03. The number of hydrogen-bond acceptors (Lipinski definition) is 6. The Labute approximate surface area is 90.1 Å². The number of cyclic esters (lactones) is 2. The molecule has 1 aliphatic heterocycles. The maximum absolute atomic E-state index is 9.96. The van der Waals surface area contributed by atoms with Crippen LogP contribution < -0.4 is 0 Å². The number of aliphatic hydroxyl groups excluding tert-OH is 1. The lowest BCUT2D eigenvalue weighted by atomic mass is 10.4. The molecule has 0 atom stereocenters. The number of hydrogen-bond donors (Lipinski definition) is 1. The highest BCUT2D eigenvalue weighted by atomic mass is 16.6. The van der Waals surface area contributed by atoms with E-state index in [0.717, 1.165) is 12.2 Å². The molecule has 0 saturated heterocycles. The van der Waals surface area contributed by atoms with E-state index in [1.165, 1.54) is 6.07 Å². The molecule has 6 heteroatoms. The Morgan fingerprint density at radius 1 is 1.19 bits per heavy atom. The van der Waals surface area contributed by atoms with Crippen molar-refractivity contribution in [3.63, 3.8) is 0 Å². The first kappa shape index (κ1) is 11.9. The van der Waals surface area contributed by atoms with Gasteiger partial charge in [-0.25, -0.2) is 9.59 Å². The number of aliphatic hydroxyl groups is 1. The fraction of sp³-hybridized carbons (Fsp3) is 0.100. The fourth-order valence-electron chi connectivity index (χ4n) is 0.846. The van der Waals surface area contributed by atoms with Crippen molar-refractivity contribution >= 4 is 18.2 Å². The first-order valence-electron chi connectivity index (χ1n) is 4.24.